The Labute approximate surface area is 93.5 Å². The average Bonchev–Trinajstić information content (AvgIpc) is 2.66. The molecule has 2 heteroatoms. The molecule has 0 atom stereocenters. The fraction of sp³-hybridized carbons (Fsp3) is 0.0714. The Bertz CT molecular complexity index is 500. The summed E-state index contributed by atoms with van der Waals surface area (Å²) in [4.78, 5) is 10.6. The van der Waals surface area contributed by atoms with Gasteiger partial charge in [-0.1, -0.05) is 48.5 Å². The van der Waals surface area contributed by atoms with E-state index in [9.17, 15) is 4.79 Å². The molecular weight excluding hydrogens is 200 g/mol. The van der Waals surface area contributed by atoms with Gasteiger partial charge in [0.05, 0.1) is 0 Å². The summed E-state index contributed by atoms with van der Waals surface area (Å²) in [5.41, 5.74) is 4.45. The number of rotatable bonds is 2. The van der Waals surface area contributed by atoms with Crippen molar-refractivity contribution in [2.45, 2.75) is 6.10 Å². The Balaban J connectivity index is 2.25. The monoisotopic (exact) mass is 210 g/mol. The third-order valence-corrected chi connectivity index (χ3v) is 2.97. The van der Waals surface area contributed by atoms with E-state index in [4.69, 9.17) is 4.74 Å². The van der Waals surface area contributed by atoms with Crippen molar-refractivity contribution in [3.63, 3.8) is 0 Å². The molecule has 0 fully saturated rings. The molecule has 0 unspecified atom stereocenters. The first-order valence-corrected chi connectivity index (χ1v) is 5.19. The maximum absolute atomic E-state index is 10.6. The number of fused-ring (bicyclic) bond motifs is 3. The lowest BCUT2D eigenvalue weighted by Crippen LogP contribution is -2.00. The zero-order valence-corrected chi connectivity index (χ0v) is 8.59. The molecule has 1 aliphatic rings. The molecule has 0 amide bonds. The highest BCUT2D eigenvalue weighted by atomic mass is 16.5. The van der Waals surface area contributed by atoms with Crippen molar-refractivity contribution in [2.75, 3.05) is 0 Å². The molecule has 0 spiro atoms. The first-order valence-electron chi connectivity index (χ1n) is 5.19. The van der Waals surface area contributed by atoms with E-state index in [1.807, 2.05) is 36.4 Å². The smallest absolute Gasteiger partial charge is 0.294 e. The Morgan fingerprint density at radius 1 is 0.875 bits per heavy atom. The van der Waals surface area contributed by atoms with Crippen molar-refractivity contribution in [1.29, 1.82) is 0 Å². The van der Waals surface area contributed by atoms with Gasteiger partial charge in [-0.2, -0.15) is 0 Å². The van der Waals surface area contributed by atoms with Gasteiger partial charge in [-0.15, -0.1) is 0 Å². The van der Waals surface area contributed by atoms with Crippen LogP contribution in [-0.4, -0.2) is 6.47 Å². The largest absolute Gasteiger partial charge is 0.455 e. The van der Waals surface area contributed by atoms with Crippen LogP contribution in [0.2, 0.25) is 0 Å². The van der Waals surface area contributed by atoms with Crippen LogP contribution in [0.4, 0.5) is 0 Å². The lowest BCUT2D eigenvalue weighted by atomic mass is 10.1. The minimum absolute atomic E-state index is 0.245. The second-order valence-corrected chi connectivity index (χ2v) is 3.79. The van der Waals surface area contributed by atoms with E-state index < -0.39 is 0 Å². The van der Waals surface area contributed by atoms with Crippen molar-refractivity contribution in [1.82, 2.24) is 0 Å². The zero-order chi connectivity index (χ0) is 11.0. The first kappa shape index (κ1) is 9.16. The summed E-state index contributed by atoms with van der Waals surface area (Å²) in [6.07, 6.45) is -0.245. The molecule has 3 rings (SSSR count). The van der Waals surface area contributed by atoms with E-state index in [0.717, 1.165) is 22.3 Å². The number of carbonyl (C=O) groups excluding carboxylic acids is 1. The Morgan fingerprint density at radius 3 is 1.88 bits per heavy atom. The standard InChI is InChI=1S/C14H10O2/c15-9-16-14-12-7-3-1-5-10(12)11-6-2-4-8-13(11)14/h1-9,14H. The van der Waals surface area contributed by atoms with Gasteiger partial charge < -0.3 is 4.74 Å². The summed E-state index contributed by atoms with van der Waals surface area (Å²) >= 11 is 0. The summed E-state index contributed by atoms with van der Waals surface area (Å²) in [5, 5.41) is 0. The third kappa shape index (κ3) is 1.16. The summed E-state index contributed by atoms with van der Waals surface area (Å²) in [5.74, 6) is 0. The van der Waals surface area contributed by atoms with Crippen LogP contribution in [0.25, 0.3) is 11.1 Å². The van der Waals surface area contributed by atoms with Crippen molar-refractivity contribution < 1.29 is 9.53 Å². The van der Waals surface area contributed by atoms with Gasteiger partial charge in [-0.3, -0.25) is 4.79 Å². The molecule has 2 aromatic carbocycles. The molecule has 0 saturated heterocycles. The molecule has 0 radical (unpaired) electrons. The van der Waals surface area contributed by atoms with Gasteiger partial charge in [-0.25, -0.2) is 0 Å². The molecule has 0 aromatic heterocycles. The van der Waals surface area contributed by atoms with E-state index in [0.29, 0.717) is 6.47 Å². The molecular formula is C14H10O2. The molecule has 0 heterocycles. The van der Waals surface area contributed by atoms with Gasteiger partial charge in [0.15, 0.2) is 6.10 Å². The summed E-state index contributed by atoms with van der Waals surface area (Å²) in [6.45, 7) is 0.517. The topological polar surface area (TPSA) is 26.3 Å². The van der Waals surface area contributed by atoms with Crippen LogP contribution in [0.1, 0.15) is 17.2 Å². The molecule has 1 aliphatic carbocycles. The van der Waals surface area contributed by atoms with Gasteiger partial charge in [0.25, 0.3) is 6.47 Å². The lowest BCUT2D eigenvalue weighted by molar-refractivity contribution is -0.131. The van der Waals surface area contributed by atoms with Gasteiger partial charge in [0, 0.05) is 11.1 Å². The van der Waals surface area contributed by atoms with Crippen molar-refractivity contribution in [3.05, 3.63) is 59.7 Å². The van der Waals surface area contributed by atoms with Crippen LogP contribution in [0.15, 0.2) is 48.5 Å². The van der Waals surface area contributed by atoms with E-state index in [-0.39, 0.29) is 6.10 Å². The molecule has 0 bridgehead atoms. The van der Waals surface area contributed by atoms with Gasteiger partial charge in [0.2, 0.25) is 0 Å². The van der Waals surface area contributed by atoms with Crippen LogP contribution in [-0.2, 0) is 9.53 Å². The van der Waals surface area contributed by atoms with Gasteiger partial charge in [0.1, 0.15) is 0 Å². The van der Waals surface area contributed by atoms with Crippen molar-refractivity contribution in [3.8, 4) is 11.1 Å². The molecule has 0 saturated carbocycles. The highest BCUT2D eigenvalue weighted by Gasteiger charge is 2.28. The van der Waals surface area contributed by atoms with Crippen molar-refractivity contribution in [2.24, 2.45) is 0 Å². The maximum Gasteiger partial charge on any atom is 0.294 e. The molecule has 0 aliphatic heterocycles. The highest BCUT2D eigenvalue weighted by Crippen LogP contribution is 2.44. The number of hydrogen-bond acceptors (Lipinski definition) is 2. The zero-order valence-electron chi connectivity index (χ0n) is 8.59. The highest BCUT2D eigenvalue weighted by molar-refractivity contribution is 5.78. The quantitative estimate of drug-likeness (QED) is 0.712. The fourth-order valence-corrected chi connectivity index (χ4v) is 2.31. The molecule has 78 valence electrons. The van der Waals surface area contributed by atoms with Crippen LogP contribution in [0, 0.1) is 0 Å². The molecule has 2 nitrogen and oxygen atoms in total. The Kier molecular flexibility index (Phi) is 2.00. The number of benzene rings is 2. The number of carbonyl (C=O) groups is 1. The second-order valence-electron chi connectivity index (χ2n) is 3.79. The summed E-state index contributed by atoms with van der Waals surface area (Å²) < 4.78 is 5.18. The van der Waals surface area contributed by atoms with Gasteiger partial charge in [-0.05, 0) is 11.1 Å². The molecule has 16 heavy (non-hydrogen) atoms. The Hall–Kier alpha value is -2.09. The third-order valence-electron chi connectivity index (χ3n) is 2.97. The predicted molar refractivity (Wildman–Crippen MR) is 60.9 cm³/mol. The molecule has 0 N–H and O–H groups in total. The number of hydrogen-bond donors (Lipinski definition) is 0. The van der Waals surface area contributed by atoms with Crippen molar-refractivity contribution >= 4 is 6.47 Å². The maximum atomic E-state index is 10.6. The second kappa shape index (κ2) is 3.49. The molecule has 2 aromatic rings. The van der Waals surface area contributed by atoms with Crippen LogP contribution in [0.3, 0.4) is 0 Å². The average molecular weight is 210 g/mol. The summed E-state index contributed by atoms with van der Waals surface area (Å²) in [6, 6.07) is 16.0. The van der Waals surface area contributed by atoms with Gasteiger partial charge >= 0.3 is 0 Å². The van der Waals surface area contributed by atoms with E-state index in [1.165, 1.54) is 0 Å². The Morgan fingerprint density at radius 2 is 1.38 bits per heavy atom. The fourth-order valence-electron chi connectivity index (χ4n) is 2.31. The van der Waals surface area contributed by atoms with Crippen LogP contribution in [0.5, 0.6) is 0 Å². The van der Waals surface area contributed by atoms with E-state index in [1.54, 1.807) is 0 Å². The SMILES string of the molecule is O=COC1c2ccccc2-c2ccccc21. The minimum Gasteiger partial charge on any atom is -0.455 e. The summed E-state index contributed by atoms with van der Waals surface area (Å²) in [7, 11) is 0. The lowest BCUT2D eigenvalue weighted by Gasteiger charge is -2.10. The van der Waals surface area contributed by atoms with Crippen LogP contribution < -0.4 is 0 Å². The first-order chi connectivity index (χ1) is 7.92. The van der Waals surface area contributed by atoms with E-state index in [2.05, 4.69) is 12.1 Å². The minimum atomic E-state index is -0.245. The predicted octanol–water partition coefficient (Wildman–Crippen LogP) is 2.93. The van der Waals surface area contributed by atoms with E-state index >= 15 is 0 Å². The normalized spacial score (nSPS) is 13.0. The number of ether oxygens (including phenoxy) is 1. The van der Waals surface area contributed by atoms with Crippen LogP contribution >= 0.6 is 0 Å².